The molecule has 0 heterocycles. The first-order valence-electron chi connectivity index (χ1n) is 2.74. The van der Waals surface area contributed by atoms with Crippen LogP contribution in [-0.2, 0) is 0 Å². The van der Waals surface area contributed by atoms with Gasteiger partial charge in [-0.2, -0.15) is 0 Å². The van der Waals surface area contributed by atoms with Crippen molar-refractivity contribution in [1.29, 1.82) is 0 Å². The molecule has 0 aromatic carbocycles. The van der Waals surface area contributed by atoms with E-state index in [9.17, 15) is 0 Å². The van der Waals surface area contributed by atoms with Crippen molar-refractivity contribution in [3.05, 3.63) is 31.3 Å². The zero-order valence-electron chi connectivity index (χ0n) is 6.14. The molecule has 0 aliphatic carbocycles. The summed E-state index contributed by atoms with van der Waals surface area (Å²) in [5.74, 6) is 0. The normalized spacial score (nSPS) is 15.4. The van der Waals surface area contributed by atoms with Crippen molar-refractivity contribution in [1.82, 2.24) is 0 Å². The van der Waals surface area contributed by atoms with Gasteiger partial charge in [-0.1, -0.05) is 0 Å². The summed E-state index contributed by atoms with van der Waals surface area (Å²) in [7, 11) is 0. The van der Waals surface area contributed by atoms with Gasteiger partial charge in [0.05, 0.1) is 0 Å². The first-order chi connectivity index (χ1) is 5.74. The summed E-state index contributed by atoms with van der Waals surface area (Å²) >= 11 is -3.33. The van der Waals surface area contributed by atoms with Crippen molar-refractivity contribution in [3.63, 3.8) is 0 Å². The van der Waals surface area contributed by atoms with Crippen LogP contribution in [0.5, 0.6) is 0 Å². The molecule has 12 heavy (non-hydrogen) atoms. The van der Waals surface area contributed by atoms with Crippen LogP contribution in [0.1, 0.15) is 6.92 Å². The molecule has 0 fully saturated rings. The first-order valence-corrected chi connectivity index (χ1v) is 6.25. The average molecular weight is 234 g/mol. The third-order valence-electron chi connectivity index (χ3n) is 0.889. The van der Waals surface area contributed by atoms with E-state index in [0.717, 1.165) is 0 Å². The second-order valence-electron chi connectivity index (χ2n) is 1.43. The topological polar surface area (TPSA) is 146 Å². The molecule has 0 aliphatic heterocycles. The van der Waals surface area contributed by atoms with E-state index in [1.54, 1.807) is 6.92 Å². The molecule has 0 aromatic rings. The van der Waals surface area contributed by atoms with Gasteiger partial charge < -0.3 is 0 Å². The monoisotopic (exact) mass is 235 g/mol. The van der Waals surface area contributed by atoms with Gasteiger partial charge in [0.15, 0.2) is 0 Å². The number of nitrogens with zero attached hydrogens (tertiary/aromatic N) is 9. The van der Waals surface area contributed by atoms with Crippen LogP contribution in [0.2, 0.25) is 5.32 Å². The summed E-state index contributed by atoms with van der Waals surface area (Å²) in [6, 6.07) is 0. The Kier molecular flexibility index (Phi) is 4.48. The van der Waals surface area contributed by atoms with E-state index in [-0.39, 0.29) is 5.32 Å². The molecule has 0 radical (unpaired) electrons. The molecule has 0 amide bonds. The van der Waals surface area contributed by atoms with E-state index in [2.05, 4.69) is 27.1 Å². The van der Waals surface area contributed by atoms with Crippen LogP contribution in [-0.4, -0.2) is 13.5 Å². The van der Waals surface area contributed by atoms with Gasteiger partial charge in [0.1, 0.15) is 0 Å². The van der Waals surface area contributed by atoms with Crippen LogP contribution in [0.25, 0.3) is 31.3 Å². The molecule has 0 rings (SSSR count). The van der Waals surface area contributed by atoms with E-state index < -0.39 is 13.5 Å². The Bertz CT molecular complexity index is 242. The third kappa shape index (κ3) is 2.59. The second kappa shape index (κ2) is 5.15. The Labute approximate surface area is 70.1 Å². The van der Waals surface area contributed by atoms with Crippen molar-refractivity contribution < 1.29 is 0 Å². The standard InChI is InChI=1S/C2H5N9Se/c1-2-12(9-6-3,10-7-4)11-8-5/h2H2,1H3. The maximum atomic E-state index is 8.12. The van der Waals surface area contributed by atoms with Crippen LogP contribution in [0, 0.1) is 0 Å². The van der Waals surface area contributed by atoms with Gasteiger partial charge in [-0.05, 0) is 0 Å². The zero-order chi connectivity index (χ0) is 9.45. The van der Waals surface area contributed by atoms with Crippen molar-refractivity contribution in [2.45, 2.75) is 12.2 Å². The Hall–Kier alpha value is -1.55. The molecule has 0 aromatic heterocycles. The molecule has 0 bridgehead atoms. The summed E-state index contributed by atoms with van der Waals surface area (Å²) in [6.45, 7) is 1.64. The Morgan fingerprint density at radius 2 is 1.33 bits per heavy atom. The van der Waals surface area contributed by atoms with Gasteiger partial charge in [0.25, 0.3) is 0 Å². The Morgan fingerprint density at radius 3 is 1.50 bits per heavy atom. The maximum absolute atomic E-state index is 8.12. The molecule has 9 nitrogen and oxygen atoms in total. The molecule has 0 atom stereocenters. The number of rotatable bonds is 4. The van der Waals surface area contributed by atoms with Crippen LogP contribution in [0.4, 0.5) is 0 Å². The summed E-state index contributed by atoms with van der Waals surface area (Å²) in [4.78, 5) is 7.44. The summed E-state index contributed by atoms with van der Waals surface area (Å²) in [5, 5.41) is 0.273. The molecular weight excluding hydrogens is 229 g/mol. The first kappa shape index (κ1) is 10.4. The molecule has 64 valence electrons. The molecule has 0 saturated carbocycles. The second-order valence-corrected chi connectivity index (χ2v) is 6.33. The Balaban J connectivity index is 5.13. The molecule has 0 saturated heterocycles. The number of azide groups is 1. The molecule has 10 heteroatoms. The SMILES string of the molecule is CC[Se](N=[N+]=[N-])(N=[N+]=[N-])N=[N+]=[N-]. The predicted molar refractivity (Wildman–Crippen MR) is 43.7 cm³/mol. The summed E-state index contributed by atoms with van der Waals surface area (Å²) in [6.07, 6.45) is 0. The van der Waals surface area contributed by atoms with Crippen LogP contribution >= 0.6 is 0 Å². The van der Waals surface area contributed by atoms with Crippen LogP contribution in [0.3, 0.4) is 0 Å². The van der Waals surface area contributed by atoms with Crippen LogP contribution in [0.15, 0.2) is 12.4 Å². The van der Waals surface area contributed by atoms with Crippen LogP contribution < -0.4 is 0 Å². The van der Waals surface area contributed by atoms with Crippen molar-refractivity contribution >= 4 is 13.5 Å². The molecule has 0 N–H and O–H groups in total. The van der Waals surface area contributed by atoms with E-state index in [4.69, 9.17) is 16.6 Å². The van der Waals surface area contributed by atoms with Crippen molar-refractivity contribution in [2.24, 2.45) is 12.4 Å². The predicted octanol–water partition coefficient (Wildman–Crippen LogP) is 2.88. The zero-order valence-corrected chi connectivity index (χ0v) is 7.85. The number of hydrogen-bond acceptors (Lipinski definition) is 3. The number of hydrogen-bond donors (Lipinski definition) is 0. The fraction of sp³-hybridized carbons (Fsp3) is 1.00. The van der Waals surface area contributed by atoms with Gasteiger partial charge in [-0.3, -0.25) is 0 Å². The van der Waals surface area contributed by atoms with Gasteiger partial charge >= 0.3 is 69.5 Å². The van der Waals surface area contributed by atoms with E-state index in [0.29, 0.717) is 0 Å². The molecule has 0 aliphatic rings. The van der Waals surface area contributed by atoms with E-state index >= 15 is 0 Å². The van der Waals surface area contributed by atoms with Gasteiger partial charge in [0, 0.05) is 0 Å². The average Bonchev–Trinajstić information content (AvgIpc) is 2.06. The van der Waals surface area contributed by atoms with E-state index in [1.165, 1.54) is 0 Å². The van der Waals surface area contributed by atoms with Crippen molar-refractivity contribution in [3.8, 4) is 0 Å². The fourth-order valence-corrected chi connectivity index (χ4v) is 2.07. The summed E-state index contributed by atoms with van der Waals surface area (Å²) < 4.78 is 9.75. The fourth-order valence-electron chi connectivity index (χ4n) is 0.398. The minimum absolute atomic E-state index is 0.273. The van der Waals surface area contributed by atoms with Crippen molar-refractivity contribution in [2.75, 3.05) is 0 Å². The van der Waals surface area contributed by atoms with Gasteiger partial charge in [-0.25, -0.2) is 0 Å². The van der Waals surface area contributed by atoms with Gasteiger partial charge in [-0.15, -0.1) is 0 Å². The minimum atomic E-state index is -3.33. The van der Waals surface area contributed by atoms with Gasteiger partial charge in [0.2, 0.25) is 0 Å². The quantitative estimate of drug-likeness (QED) is 0.304. The molecular formula is C2H5N9Se. The Morgan fingerprint density at radius 1 is 1.00 bits per heavy atom. The molecule has 0 unspecified atom stereocenters. The summed E-state index contributed by atoms with van der Waals surface area (Å²) in [5.41, 5.74) is 24.4. The van der Waals surface area contributed by atoms with E-state index in [1.807, 2.05) is 0 Å². The third-order valence-corrected chi connectivity index (χ3v) is 4.62. The molecule has 0 spiro atoms.